The summed E-state index contributed by atoms with van der Waals surface area (Å²) in [6.07, 6.45) is 1.98. The van der Waals surface area contributed by atoms with Crippen LogP contribution in [-0.4, -0.2) is 29.7 Å². The zero-order valence-corrected chi connectivity index (χ0v) is 14.2. The number of rotatable bonds is 6. The number of methoxy groups -OCH3 is 1. The summed E-state index contributed by atoms with van der Waals surface area (Å²) in [6.45, 7) is 4.78. The number of nitrogens with one attached hydrogen (secondary N) is 2. The van der Waals surface area contributed by atoms with Gasteiger partial charge in [-0.05, 0) is 37.1 Å². The van der Waals surface area contributed by atoms with E-state index in [1.54, 1.807) is 6.92 Å². The first kappa shape index (κ1) is 17.6. The normalized spacial score (nSPS) is 11.6. The van der Waals surface area contributed by atoms with E-state index in [0.717, 1.165) is 12.2 Å². The molecule has 1 aromatic heterocycles. The number of amides is 2. The minimum Gasteiger partial charge on any atom is -0.467 e. The number of urea groups is 1. The van der Waals surface area contributed by atoms with Gasteiger partial charge in [0, 0.05) is 18.4 Å². The van der Waals surface area contributed by atoms with E-state index >= 15 is 0 Å². The number of hydrogen-bond acceptors (Lipinski definition) is 3. The molecule has 0 saturated carbocycles. The lowest BCUT2D eigenvalue weighted by molar-refractivity contribution is -0.142. The second-order valence-electron chi connectivity index (χ2n) is 5.63. The molecule has 24 heavy (non-hydrogen) atoms. The molecule has 2 amide bonds. The van der Waals surface area contributed by atoms with E-state index in [9.17, 15) is 9.59 Å². The van der Waals surface area contributed by atoms with E-state index in [1.807, 2.05) is 30.5 Å². The van der Waals surface area contributed by atoms with Crippen LogP contribution < -0.4 is 10.6 Å². The molecule has 2 aromatic rings. The Morgan fingerprint density at radius 2 is 1.96 bits per heavy atom. The summed E-state index contributed by atoms with van der Waals surface area (Å²) >= 11 is 0. The molecular weight excluding hydrogens is 306 g/mol. The molecule has 1 atom stereocenters. The molecule has 6 heteroatoms. The molecule has 6 nitrogen and oxygen atoms in total. The van der Waals surface area contributed by atoms with E-state index in [4.69, 9.17) is 0 Å². The molecule has 128 valence electrons. The maximum Gasteiger partial charge on any atom is 0.328 e. The zero-order valence-electron chi connectivity index (χ0n) is 14.2. The van der Waals surface area contributed by atoms with Gasteiger partial charge in [-0.1, -0.05) is 24.3 Å². The molecule has 0 fully saturated rings. The third-order valence-corrected chi connectivity index (χ3v) is 3.86. The quantitative estimate of drug-likeness (QED) is 0.798. The number of carbonyl (C=O) groups is 2. The first-order chi connectivity index (χ1) is 11.5. The smallest absolute Gasteiger partial charge is 0.328 e. The van der Waals surface area contributed by atoms with Crippen molar-refractivity contribution in [1.82, 2.24) is 15.2 Å². The molecule has 1 unspecified atom stereocenters. The van der Waals surface area contributed by atoms with Crippen LogP contribution in [0.3, 0.4) is 0 Å². The molecule has 1 aromatic carbocycles. The first-order valence-corrected chi connectivity index (χ1v) is 7.82. The minimum atomic E-state index is -0.686. The largest absolute Gasteiger partial charge is 0.467 e. The van der Waals surface area contributed by atoms with Crippen molar-refractivity contribution in [3.63, 3.8) is 0 Å². The van der Waals surface area contributed by atoms with Crippen LogP contribution in [0.5, 0.6) is 0 Å². The Kier molecular flexibility index (Phi) is 6.01. The maximum absolute atomic E-state index is 11.9. The van der Waals surface area contributed by atoms with E-state index in [2.05, 4.69) is 39.0 Å². The average Bonchev–Trinajstić information content (AvgIpc) is 3.01. The highest BCUT2D eigenvalue weighted by atomic mass is 16.5. The predicted octanol–water partition coefficient (Wildman–Crippen LogP) is 2.21. The third kappa shape index (κ3) is 4.62. The average molecular weight is 329 g/mol. The van der Waals surface area contributed by atoms with Gasteiger partial charge in [-0.25, -0.2) is 9.59 Å². The third-order valence-electron chi connectivity index (χ3n) is 3.86. The predicted molar refractivity (Wildman–Crippen MR) is 91.6 cm³/mol. The van der Waals surface area contributed by atoms with Crippen molar-refractivity contribution >= 4 is 12.0 Å². The Morgan fingerprint density at radius 1 is 1.21 bits per heavy atom. The highest BCUT2D eigenvalue weighted by Gasteiger charge is 2.15. The van der Waals surface area contributed by atoms with Crippen LogP contribution in [0.15, 0.2) is 42.6 Å². The maximum atomic E-state index is 11.9. The van der Waals surface area contributed by atoms with Crippen LogP contribution in [-0.2, 0) is 22.6 Å². The van der Waals surface area contributed by atoms with Crippen LogP contribution in [0, 0.1) is 6.92 Å². The monoisotopic (exact) mass is 329 g/mol. The molecule has 0 aliphatic rings. The fourth-order valence-electron chi connectivity index (χ4n) is 2.39. The standard InChI is InChI=1S/C18H23N3O3/c1-13-7-4-5-8-15(13)12-21-10-6-9-16(21)11-19-18(23)20-14(2)17(22)24-3/h4-10,14H,11-12H2,1-3H3,(H2,19,20,23). The summed E-state index contributed by atoms with van der Waals surface area (Å²) in [4.78, 5) is 23.2. The van der Waals surface area contributed by atoms with Crippen molar-refractivity contribution in [2.24, 2.45) is 0 Å². The van der Waals surface area contributed by atoms with E-state index in [0.29, 0.717) is 6.54 Å². The van der Waals surface area contributed by atoms with Gasteiger partial charge >= 0.3 is 12.0 Å². The minimum absolute atomic E-state index is 0.374. The second kappa shape index (κ2) is 8.19. The van der Waals surface area contributed by atoms with Gasteiger partial charge in [0.2, 0.25) is 0 Å². The number of carbonyl (C=O) groups excluding carboxylic acids is 2. The second-order valence-corrected chi connectivity index (χ2v) is 5.63. The fraction of sp³-hybridized carbons (Fsp3) is 0.333. The van der Waals surface area contributed by atoms with Crippen molar-refractivity contribution in [2.45, 2.75) is 33.0 Å². The number of aryl methyl sites for hydroxylation is 1. The van der Waals surface area contributed by atoms with Crippen molar-refractivity contribution in [3.8, 4) is 0 Å². The molecule has 2 rings (SSSR count). The van der Waals surface area contributed by atoms with Gasteiger partial charge in [0.25, 0.3) is 0 Å². The van der Waals surface area contributed by atoms with Gasteiger partial charge in [0.1, 0.15) is 6.04 Å². The molecule has 0 radical (unpaired) electrons. The van der Waals surface area contributed by atoms with Gasteiger partial charge in [-0.15, -0.1) is 0 Å². The van der Waals surface area contributed by atoms with Crippen molar-refractivity contribution in [2.75, 3.05) is 7.11 Å². The van der Waals surface area contributed by atoms with Crippen LogP contribution >= 0.6 is 0 Å². The number of esters is 1. The Balaban J connectivity index is 1.93. The summed E-state index contributed by atoms with van der Waals surface area (Å²) in [5, 5.41) is 5.29. The number of aromatic nitrogens is 1. The van der Waals surface area contributed by atoms with Crippen LogP contribution in [0.1, 0.15) is 23.7 Å². The zero-order chi connectivity index (χ0) is 17.5. The van der Waals surface area contributed by atoms with E-state index < -0.39 is 18.0 Å². The Labute approximate surface area is 141 Å². The molecule has 1 heterocycles. The van der Waals surface area contributed by atoms with Gasteiger partial charge in [0.05, 0.1) is 13.7 Å². The Bertz CT molecular complexity index is 709. The lowest BCUT2D eigenvalue weighted by atomic mass is 10.1. The van der Waals surface area contributed by atoms with Gasteiger partial charge < -0.3 is 19.9 Å². The number of hydrogen-bond donors (Lipinski definition) is 2. The topological polar surface area (TPSA) is 72.4 Å². The highest BCUT2D eigenvalue weighted by molar-refractivity contribution is 5.83. The SMILES string of the molecule is COC(=O)C(C)NC(=O)NCc1cccn1Cc1ccccc1C. The molecule has 0 bridgehead atoms. The Hall–Kier alpha value is -2.76. The molecule has 0 aliphatic carbocycles. The van der Waals surface area contributed by atoms with Crippen LogP contribution in [0.4, 0.5) is 4.79 Å². The number of benzene rings is 1. The summed E-state index contributed by atoms with van der Waals surface area (Å²) in [6, 6.07) is 11.0. The van der Waals surface area contributed by atoms with Crippen LogP contribution in [0.25, 0.3) is 0 Å². The van der Waals surface area contributed by atoms with Gasteiger partial charge in [-0.2, -0.15) is 0 Å². The van der Waals surface area contributed by atoms with Gasteiger partial charge in [-0.3, -0.25) is 0 Å². The highest BCUT2D eigenvalue weighted by Crippen LogP contribution is 2.11. The van der Waals surface area contributed by atoms with Crippen molar-refractivity contribution in [3.05, 3.63) is 59.4 Å². The Morgan fingerprint density at radius 3 is 2.67 bits per heavy atom. The fourth-order valence-corrected chi connectivity index (χ4v) is 2.39. The van der Waals surface area contributed by atoms with Gasteiger partial charge in [0.15, 0.2) is 0 Å². The lowest BCUT2D eigenvalue weighted by Crippen LogP contribution is -2.44. The molecular formula is C18H23N3O3. The van der Waals surface area contributed by atoms with Crippen molar-refractivity contribution in [1.29, 1.82) is 0 Å². The molecule has 0 aliphatic heterocycles. The summed E-state index contributed by atoms with van der Waals surface area (Å²) < 4.78 is 6.66. The van der Waals surface area contributed by atoms with E-state index in [-0.39, 0.29) is 0 Å². The van der Waals surface area contributed by atoms with Crippen molar-refractivity contribution < 1.29 is 14.3 Å². The number of nitrogens with zero attached hydrogens (tertiary/aromatic N) is 1. The van der Waals surface area contributed by atoms with E-state index in [1.165, 1.54) is 18.2 Å². The summed E-state index contributed by atoms with van der Waals surface area (Å²) in [7, 11) is 1.29. The van der Waals surface area contributed by atoms with Crippen LogP contribution in [0.2, 0.25) is 0 Å². The lowest BCUT2D eigenvalue weighted by Gasteiger charge is -2.14. The molecule has 0 spiro atoms. The number of ether oxygens (including phenoxy) is 1. The first-order valence-electron chi connectivity index (χ1n) is 7.82. The summed E-state index contributed by atoms with van der Waals surface area (Å²) in [5.74, 6) is -0.479. The molecule has 0 saturated heterocycles. The molecule has 2 N–H and O–H groups in total. The summed E-state index contributed by atoms with van der Waals surface area (Å²) in [5.41, 5.74) is 3.45.